The lowest BCUT2D eigenvalue weighted by Gasteiger charge is -2.10. The highest BCUT2D eigenvalue weighted by atomic mass is 79.9. The Morgan fingerprint density at radius 1 is 1.53 bits per heavy atom. The second-order valence-corrected chi connectivity index (χ2v) is 6.49. The molecule has 2 rings (SSSR count). The fourth-order valence-electron chi connectivity index (χ4n) is 1.65. The Labute approximate surface area is 128 Å². The van der Waals surface area contributed by atoms with Crippen molar-refractivity contribution in [2.24, 2.45) is 0 Å². The van der Waals surface area contributed by atoms with Crippen LogP contribution in [0, 0.1) is 0 Å². The maximum Gasteiger partial charge on any atom is 0.208 e. The molecule has 0 bridgehead atoms. The van der Waals surface area contributed by atoms with Gasteiger partial charge in [-0.05, 0) is 41.1 Å². The predicted molar refractivity (Wildman–Crippen MR) is 82.5 cm³/mol. The predicted octanol–water partition coefficient (Wildman–Crippen LogP) is 4.38. The van der Waals surface area contributed by atoms with Crippen molar-refractivity contribution in [1.82, 2.24) is 0 Å². The van der Waals surface area contributed by atoms with Gasteiger partial charge in [-0.2, -0.15) is 0 Å². The molecule has 2 N–H and O–H groups in total. The Hall–Kier alpha value is -1.04. The van der Waals surface area contributed by atoms with E-state index in [-0.39, 0.29) is 5.78 Å². The molecule has 1 heterocycles. The minimum Gasteiger partial charge on any atom is -0.493 e. The van der Waals surface area contributed by atoms with Gasteiger partial charge in [0.2, 0.25) is 5.78 Å². The Balaban J connectivity index is 2.48. The van der Waals surface area contributed by atoms with E-state index in [2.05, 4.69) is 15.9 Å². The van der Waals surface area contributed by atoms with Crippen LogP contribution >= 0.6 is 38.9 Å². The molecule has 0 aliphatic heterocycles. The van der Waals surface area contributed by atoms with E-state index in [9.17, 15) is 4.79 Å². The van der Waals surface area contributed by atoms with Crippen molar-refractivity contribution in [2.75, 3.05) is 12.3 Å². The summed E-state index contributed by atoms with van der Waals surface area (Å²) in [5.74, 6) is 0.312. The quantitative estimate of drug-likeness (QED) is 0.650. The van der Waals surface area contributed by atoms with Gasteiger partial charge in [-0.3, -0.25) is 4.79 Å². The topological polar surface area (TPSA) is 52.3 Å². The molecule has 1 aromatic heterocycles. The van der Waals surface area contributed by atoms with Crippen molar-refractivity contribution in [1.29, 1.82) is 0 Å². The van der Waals surface area contributed by atoms with Gasteiger partial charge in [0, 0.05) is 5.69 Å². The zero-order chi connectivity index (χ0) is 14.0. The molecule has 2 aromatic rings. The number of thiophene rings is 1. The van der Waals surface area contributed by atoms with Crippen LogP contribution < -0.4 is 10.5 Å². The number of benzene rings is 1. The number of rotatable bonds is 4. The maximum atomic E-state index is 12.5. The highest BCUT2D eigenvalue weighted by molar-refractivity contribution is 9.11. The fourth-order valence-corrected chi connectivity index (χ4v) is 3.30. The first-order valence-electron chi connectivity index (χ1n) is 5.55. The second kappa shape index (κ2) is 5.94. The number of carbonyl (C=O) groups is 1. The van der Waals surface area contributed by atoms with Crippen molar-refractivity contribution in [2.45, 2.75) is 6.92 Å². The molecule has 0 fully saturated rings. The van der Waals surface area contributed by atoms with Crippen molar-refractivity contribution >= 4 is 50.3 Å². The molecule has 3 nitrogen and oxygen atoms in total. The van der Waals surface area contributed by atoms with Crippen molar-refractivity contribution in [3.63, 3.8) is 0 Å². The summed E-state index contributed by atoms with van der Waals surface area (Å²) in [6.45, 7) is 2.33. The lowest BCUT2D eigenvalue weighted by atomic mass is 10.1. The van der Waals surface area contributed by atoms with E-state index in [0.717, 1.165) is 3.79 Å². The smallest absolute Gasteiger partial charge is 0.208 e. The Kier molecular flexibility index (Phi) is 4.50. The van der Waals surface area contributed by atoms with Gasteiger partial charge in [0.1, 0.15) is 5.75 Å². The summed E-state index contributed by atoms with van der Waals surface area (Å²) < 4.78 is 6.18. The molecule has 0 radical (unpaired) electrons. The van der Waals surface area contributed by atoms with Gasteiger partial charge in [-0.15, -0.1) is 11.3 Å². The van der Waals surface area contributed by atoms with Crippen LogP contribution in [0.25, 0.3) is 0 Å². The minimum atomic E-state index is -0.181. The van der Waals surface area contributed by atoms with Crippen LogP contribution in [-0.4, -0.2) is 12.4 Å². The molecular weight excluding hydrogens is 350 g/mol. The molecule has 0 saturated heterocycles. The summed E-state index contributed by atoms with van der Waals surface area (Å²) in [6, 6.07) is 6.80. The number of carbonyl (C=O) groups excluding carboxylic acids is 1. The van der Waals surface area contributed by atoms with E-state index in [1.807, 2.05) is 6.92 Å². The van der Waals surface area contributed by atoms with Crippen LogP contribution in [0.2, 0.25) is 5.02 Å². The zero-order valence-corrected chi connectivity index (χ0v) is 13.2. The first-order chi connectivity index (χ1) is 9.04. The molecule has 0 amide bonds. The molecule has 6 heteroatoms. The van der Waals surface area contributed by atoms with Crippen LogP contribution in [-0.2, 0) is 0 Å². The Morgan fingerprint density at radius 2 is 2.26 bits per heavy atom. The summed E-state index contributed by atoms with van der Waals surface area (Å²) in [5, 5.41) is 0.515. The van der Waals surface area contributed by atoms with Crippen LogP contribution in [0.5, 0.6) is 5.75 Å². The van der Waals surface area contributed by atoms with Crippen LogP contribution in [0.15, 0.2) is 28.1 Å². The fraction of sp³-hybridized carbons (Fsp3) is 0.154. The van der Waals surface area contributed by atoms with Crippen molar-refractivity contribution in [3.05, 3.63) is 43.5 Å². The number of halogens is 2. The summed E-state index contributed by atoms with van der Waals surface area (Å²) >= 11 is 10.5. The monoisotopic (exact) mass is 359 g/mol. The molecular formula is C13H11BrClNO2S. The largest absolute Gasteiger partial charge is 0.493 e. The number of ether oxygens (including phenoxy) is 1. The zero-order valence-electron chi connectivity index (χ0n) is 10.1. The molecule has 0 aliphatic rings. The van der Waals surface area contributed by atoms with Gasteiger partial charge in [0.15, 0.2) is 0 Å². The van der Waals surface area contributed by atoms with Crippen LogP contribution in [0.4, 0.5) is 5.69 Å². The molecule has 0 spiro atoms. The van der Waals surface area contributed by atoms with Gasteiger partial charge < -0.3 is 10.5 Å². The van der Waals surface area contributed by atoms with Gasteiger partial charge in [0.05, 0.1) is 25.9 Å². The summed E-state index contributed by atoms with van der Waals surface area (Å²) in [4.78, 5) is 13.0. The Bertz CT molecular complexity index is 608. The maximum absolute atomic E-state index is 12.5. The SMILES string of the molecule is CCOc1cccc(N)c1C(=O)c1cc(Cl)c(Br)s1. The average Bonchev–Trinajstić information content (AvgIpc) is 2.70. The summed E-state index contributed by atoms with van der Waals surface area (Å²) in [5.41, 5.74) is 6.68. The number of ketones is 1. The second-order valence-electron chi connectivity index (χ2n) is 3.71. The van der Waals surface area contributed by atoms with Crippen LogP contribution in [0.3, 0.4) is 0 Å². The molecule has 100 valence electrons. The van der Waals surface area contributed by atoms with E-state index in [0.29, 0.717) is 33.5 Å². The molecule has 0 saturated carbocycles. The van der Waals surface area contributed by atoms with Gasteiger partial charge >= 0.3 is 0 Å². The highest BCUT2D eigenvalue weighted by Crippen LogP contribution is 2.35. The van der Waals surface area contributed by atoms with E-state index in [1.54, 1.807) is 24.3 Å². The number of nitrogens with two attached hydrogens (primary N) is 1. The van der Waals surface area contributed by atoms with Crippen molar-refractivity contribution in [3.8, 4) is 5.75 Å². The van der Waals surface area contributed by atoms with Crippen molar-refractivity contribution < 1.29 is 9.53 Å². The van der Waals surface area contributed by atoms with Crippen LogP contribution in [0.1, 0.15) is 22.2 Å². The number of hydrogen-bond acceptors (Lipinski definition) is 4. The number of nitrogen functional groups attached to an aromatic ring is 1. The summed E-state index contributed by atoms with van der Waals surface area (Å²) in [6.07, 6.45) is 0. The van der Waals surface area contributed by atoms with E-state index >= 15 is 0 Å². The summed E-state index contributed by atoms with van der Waals surface area (Å²) in [7, 11) is 0. The molecule has 0 atom stereocenters. The molecule has 0 aliphatic carbocycles. The minimum absolute atomic E-state index is 0.181. The molecule has 1 aromatic carbocycles. The molecule has 19 heavy (non-hydrogen) atoms. The molecule has 0 unspecified atom stereocenters. The van der Waals surface area contributed by atoms with Gasteiger partial charge in [0.25, 0.3) is 0 Å². The van der Waals surface area contributed by atoms with E-state index < -0.39 is 0 Å². The lowest BCUT2D eigenvalue weighted by Crippen LogP contribution is -2.07. The lowest BCUT2D eigenvalue weighted by molar-refractivity contribution is 0.104. The first kappa shape index (κ1) is 14.4. The average molecular weight is 361 g/mol. The standard InChI is InChI=1S/C13H11BrClNO2S/c1-2-18-9-5-3-4-8(16)11(9)12(17)10-6-7(15)13(14)19-10/h3-6H,2,16H2,1H3. The Morgan fingerprint density at radius 3 is 2.84 bits per heavy atom. The third-order valence-corrected chi connectivity index (χ3v) is 4.93. The number of hydrogen-bond donors (Lipinski definition) is 1. The third kappa shape index (κ3) is 2.94. The first-order valence-corrected chi connectivity index (χ1v) is 7.54. The van der Waals surface area contributed by atoms with Gasteiger partial charge in [-0.1, -0.05) is 17.7 Å². The third-order valence-electron chi connectivity index (χ3n) is 2.45. The highest BCUT2D eigenvalue weighted by Gasteiger charge is 2.20. The normalized spacial score (nSPS) is 10.5. The van der Waals surface area contributed by atoms with Gasteiger partial charge in [-0.25, -0.2) is 0 Å². The number of anilines is 1. The van der Waals surface area contributed by atoms with E-state index in [4.69, 9.17) is 22.1 Å². The van der Waals surface area contributed by atoms with E-state index in [1.165, 1.54) is 11.3 Å².